The number of amides is 2. The third-order valence-corrected chi connectivity index (χ3v) is 6.25. The van der Waals surface area contributed by atoms with E-state index in [2.05, 4.69) is 15.5 Å². The molecule has 0 unspecified atom stereocenters. The van der Waals surface area contributed by atoms with Gasteiger partial charge in [0.2, 0.25) is 0 Å². The van der Waals surface area contributed by atoms with Crippen LogP contribution in [0.5, 0.6) is 0 Å². The Hall–Kier alpha value is -1.62. The monoisotopic (exact) mass is 403 g/mol. The van der Waals surface area contributed by atoms with Crippen molar-refractivity contribution < 1.29 is 9.18 Å². The van der Waals surface area contributed by atoms with Crippen LogP contribution in [-0.4, -0.2) is 42.1 Å². The average molecular weight is 404 g/mol. The standard InChI is InChI=1S/C24H38FN3O/c1-24(2,3)27-23(29)26-22-9-5-4-8-20(22)17-28-14-6-7-19(16-28)15-18-10-12-21(25)13-11-18/h10-13,19-20,22H,4-9,14-17H2,1-3H3,(H2,26,27,29)/t19-,20-,22+/m0/s1. The average Bonchev–Trinajstić information content (AvgIpc) is 2.64. The van der Waals surface area contributed by atoms with Gasteiger partial charge < -0.3 is 15.5 Å². The summed E-state index contributed by atoms with van der Waals surface area (Å²) in [6.07, 6.45) is 8.22. The number of urea groups is 1. The number of carbonyl (C=O) groups is 1. The number of hydrogen-bond donors (Lipinski definition) is 2. The van der Waals surface area contributed by atoms with Crippen molar-refractivity contribution >= 4 is 6.03 Å². The van der Waals surface area contributed by atoms with Crippen LogP contribution in [0.2, 0.25) is 0 Å². The van der Waals surface area contributed by atoms with Crippen molar-refractivity contribution in [2.45, 2.75) is 77.3 Å². The van der Waals surface area contributed by atoms with Gasteiger partial charge in [0.1, 0.15) is 5.82 Å². The summed E-state index contributed by atoms with van der Waals surface area (Å²) in [7, 11) is 0. The van der Waals surface area contributed by atoms with Crippen molar-refractivity contribution in [1.82, 2.24) is 15.5 Å². The van der Waals surface area contributed by atoms with Crippen LogP contribution >= 0.6 is 0 Å². The highest BCUT2D eigenvalue weighted by Gasteiger charge is 2.30. The minimum atomic E-state index is -0.214. The summed E-state index contributed by atoms with van der Waals surface area (Å²) in [5, 5.41) is 6.30. The van der Waals surface area contributed by atoms with E-state index in [1.807, 2.05) is 32.9 Å². The molecule has 0 radical (unpaired) electrons. The smallest absolute Gasteiger partial charge is 0.315 e. The van der Waals surface area contributed by atoms with E-state index in [9.17, 15) is 9.18 Å². The highest BCUT2D eigenvalue weighted by molar-refractivity contribution is 5.75. The number of rotatable bonds is 5. The van der Waals surface area contributed by atoms with Gasteiger partial charge in [0.05, 0.1) is 0 Å². The van der Waals surface area contributed by atoms with E-state index in [1.54, 1.807) is 12.1 Å². The molecule has 0 bridgehead atoms. The lowest BCUT2D eigenvalue weighted by Crippen LogP contribution is -2.53. The molecule has 1 aromatic rings. The number of nitrogens with zero attached hydrogens (tertiary/aromatic N) is 1. The number of piperidine rings is 1. The molecule has 0 aromatic heterocycles. The van der Waals surface area contributed by atoms with Gasteiger partial charge in [-0.05, 0) is 89.0 Å². The SMILES string of the molecule is CC(C)(C)NC(=O)N[C@@H]1CCCC[C@H]1CN1CCC[C@@H](Cc2ccc(F)cc2)C1. The van der Waals surface area contributed by atoms with Crippen molar-refractivity contribution in [3.63, 3.8) is 0 Å². The Labute approximate surface area is 175 Å². The van der Waals surface area contributed by atoms with Crippen molar-refractivity contribution in [3.05, 3.63) is 35.6 Å². The third kappa shape index (κ3) is 7.29. The second kappa shape index (κ2) is 9.92. The van der Waals surface area contributed by atoms with Crippen molar-refractivity contribution in [2.24, 2.45) is 11.8 Å². The topological polar surface area (TPSA) is 44.4 Å². The highest BCUT2D eigenvalue weighted by Crippen LogP contribution is 2.28. The van der Waals surface area contributed by atoms with Crippen LogP contribution < -0.4 is 10.6 Å². The van der Waals surface area contributed by atoms with Gasteiger partial charge in [0, 0.05) is 24.7 Å². The van der Waals surface area contributed by atoms with Crippen LogP contribution in [0.25, 0.3) is 0 Å². The summed E-state index contributed by atoms with van der Waals surface area (Å²) < 4.78 is 13.2. The van der Waals surface area contributed by atoms with Crippen molar-refractivity contribution in [2.75, 3.05) is 19.6 Å². The van der Waals surface area contributed by atoms with Gasteiger partial charge in [-0.2, -0.15) is 0 Å². The van der Waals surface area contributed by atoms with E-state index in [0.717, 1.165) is 32.5 Å². The fourth-order valence-corrected chi connectivity index (χ4v) is 4.93. The first-order chi connectivity index (χ1) is 13.8. The molecule has 5 heteroatoms. The Morgan fingerprint density at radius 1 is 1.10 bits per heavy atom. The number of hydrogen-bond acceptors (Lipinski definition) is 2. The number of nitrogens with one attached hydrogen (secondary N) is 2. The number of halogens is 1. The summed E-state index contributed by atoms with van der Waals surface area (Å²) >= 11 is 0. The number of carbonyl (C=O) groups excluding carboxylic acids is 1. The molecule has 162 valence electrons. The van der Waals surface area contributed by atoms with Gasteiger partial charge in [0.15, 0.2) is 0 Å². The van der Waals surface area contributed by atoms with Crippen LogP contribution in [0.4, 0.5) is 9.18 Å². The lowest BCUT2D eigenvalue weighted by Gasteiger charge is -2.39. The van der Waals surface area contributed by atoms with E-state index < -0.39 is 0 Å². The fraction of sp³-hybridized carbons (Fsp3) is 0.708. The second-order valence-electron chi connectivity index (χ2n) is 10.1. The van der Waals surface area contributed by atoms with Crippen LogP contribution in [0.1, 0.15) is 64.9 Å². The van der Waals surface area contributed by atoms with Gasteiger partial charge in [0.25, 0.3) is 0 Å². The predicted molar refractivity (Wildman–Crippen MR) is 116 cm³/mol. The Kier molecular flexibility index (Phi) is 7.55. The fourth-order valence-electron chi connectivity index (χ4n) is 4.93. The first kappa shape index (κ1) is 22.1. The van der Waals surface area contributed by atoms with E-state index >= 15 is 0 Å². The van der Waals surface area contributed by atoms with Crippen molar-refractivity contribution in [3.8, 4) is 0 Å². The summed E-state index contributed by atoms with van der Waals surface area (Å²) in [6, 6.07) is 7.20. The summed E-state index contributed by atoms with van der Waals surface area (Å²) in [5.74, 6) is 0.998. The maximum absolute atomic E-state index is 13.2. The maximum atomic E-state index is 13.2. The largest absolute Gasteiger partial charge is 0.335 e. The first-order valence-electron chi connectivity index (χ1n) is 11.3. The van der Waals surface area contributed by atoms with Gasteiger partial charge in [-0.25, -0.2) is 9.18 Å². The van der Waals surface area contributed by atoms with E-state index in [0.29, 0.717) is 11.8 Å². The summed E-state index contributed by atoms with van der Waals surface area (Å²) in [6.45, 7) is 9.37. The molecule has 1 aromatic carbocycles. The van der Waals surface area contributed by atoms with Crippen LogP contribution in [0.3, 0.4) is 0 Å². The molecule has 1 heterocycles. The zero-order valence-electron chi connectivity index (χ0n) is 18.3. The number of benzene rings is 1. The molecular weight excluding hydrogens is 365 g/mol. The molecule has 3 atom stereocenters. The molecule has 1 aliphatic carbocycles. The minimum absolute atomic E-state index is 0.0396. The van der Waals surface area contributed by atoms with Crippen molar-refractivity contribution in [1.29, 1.82) is 0 Å². The molecule has 1 saturated carbocycles. The zero-order valence-corrected chi connectivity index (χ0v) is 18.3. The van der Waals surface area contributed by atoms with Gasteiger partial charge >= 0.3 is 6.03 Å². The molecular formula is C24H38FN3O. The third-order valence-electron chi connectivity index (χ3n) is 6.25. The molecule has 29 heavy (non-hydrogen) atoms. The molecule has 2 N–H and O–H groups in total. The highest BCUT2D eigenvalue weighted by atomic mass is 19.1. The molecule has 3 rings (SSSR count). The molecule has 4 nitrogen and oxygen atoms in total. The van der Waals surface area contributed by atoms with Crippen LogP contribution in [0.15, 0.2) is 24.3 Å². The maximum Gasteiger partial charge on any atom is 0.315 e. The lowest BCUT2D eigenvalue weighted by atomic mass is 9.83. The Morgan fingerprint density at radius 2 is 1.83 bits per heavy atom. The van der Waals surface area contributed by atoms with E-state index in [1.165, 1.54) is 37.7 Å². The van der Waals surface area contributed by atoms with Crippen LogP contribution in [-0.2, 0) is 6.42 Å². The van der Waals surface area contributed by atoms with Crippen LogP contribution in [0, 0.1) is 17.7 Å². The summed E-state index contributed by atoms with van der Waals surface area (Å²) in [5.41, 5.74) is 1.02. The van der Waals surface area contributed by atoms with Gasteiger partial charge in [-0.3, -0.25) is 0 Å². The molecule has 2 fully saturated rings. The second-order valence-corrected chi connectivity index (χ2v) is 10.1. The Bertz CT molecular complexity index is 655. The zero-order chi connectivity index (χ0) is 20.9. The minimum Gasteiger partial charge on any atom is -0.335 e. The van der Waals surface area contributed by atoms with Gasteiger partial charge in [-0.15, -0.1) is 0 Å². The van der Waals surface area contributed by atoms with E-state index in [4.69, 9.17) is 0 Å². The Morgan fingerprint density at radius 3 is 2.55 bits per heavy atom. The quantitative estimate of drug-likeness (QED) is 0.746. The first-order valence-corrected chi connectivity index (χ1v) is 11.3. The number of likely N-dealkylation sites (tertiary alicyclic amines) is 1. The predicted octanol–water partition coefficient (Wildman–Crippen LogP) is 4.74. The summed E-state index contributed by atoms with van der Waals surface area (Å²) in [4.78, 5) is 15.0. The molecule has 1 aliphatic heterocycles. The van der Waals surface area contributed by atoms with E-state index in [-0.39, 0.29) is 23.4 Å². The molecule has 1 saturated heterocycles. The molecule has 0 spiro atoms. The normalized spacial score (nSPS) is 26.1. The lowest BCUT2D eigenvalue weighted by molar-refractivity contribution is 0.121. The van der Waals surface area contributed by atoms with Gasteiger partial charge in [-0.1, -0.05) is 25.0 Å². The Balaban J connectivity index is 1.52. The molecule has 2 aliphatic rings. The molecule has 2 amide bonds.